The topological polar surface area (TPSA) is 95.6 Å². The van der Waals surface area contributed by atoms with E-state index in [4.69, 9.17) is 15.9 Å². The van der Waals surface area contributed by atoms with Crippen LogP contribution in [0.25, 0.3) is 0 Å². The van der Waals surface area contributed by atoms with Crippen molar-refractivity contribution >= 4 is 5.91 Å². The zero-order valence-electron chi connectivity index (χ0n) is 8.73. The highest BCUT2D eigenvalue weighted by Gasteiger charge is 2.21. The number of hydrogen-bond donors (Lipinski definition) is 4. The molecule has 0 aromatic carbocycles. The summed E-state index contributed by atoms with van der Waals surface area (Å²) in [5.41, 5.74) is 5.65. The first kappa shape index (κ1) is 13.4. The number of aliphatic hydroxyl groups is 2. The van der Waals surface area contributed by atoms with Gasteiger partial charge in [0.05, 0.1) is 25.3 Å². The molecule has 14 heavy (non-hydrogen) atoms. The minimum absolute atomic E-state index is 0.0908. The Morgan fingerprint density at radius 1 is 1.43 bits per heavy atom. The quantitative estimate of drug-likeness (QED) is 0.438. The summed E-state index contributed by atoms with van der Waals surface area (Å²) in [4.78, 5) is 11.4. The van der Waals surface area contributed by atoms with Gasteiger partial charge in [0.2, 0.25) is 5.91 Å². The highest BCUT2D eigenvalue weighted by atomic mass is 16.3. The molecule has 0 radical (unpaired) electrons. The summed E-state index contributed by atoms with van der Waals surface area (Å²) >= 11 is 0. The fraction of sp³-hybridized carbons (Fsp3) is 0.889. The lowest BCUT2D eigenvalue weighted by molar-refractivity contribution is -0.124. The van der Waals surface area contributed by atoms with Gasteiger partial charge in [-0.2, -0.15) is 0 Å². The van der Waals surface area contributed by atoms with Crippen molar-refractivity contribution in [3.05, 3.63) is 0 Å². The number of carbonyl (C=O) groups excluding carboxylic acids is 1. The van der Waals surface area contributed by atoms with Crippen LogP contribution in [-0.4, -0.2) is 41.4 Å². The molecule has 0 aromatic rings. The van der Waals surface area contributed by atoms with Crippen molar-refractivity contribution < 1.29 is 15.0 Å². The molecule has 0 saturated carbocycles. The lowest BCUT2D eigenvalue weighted by atomic mass is 9.99. The van der Waals surface area contributed by atoms with E-state index in [0.29, 0.717) is 0 Å². The molecule has 0 aliphatic heterocycles. The summed E-state index contributed by atoms with van der Waals surface area (Å²) in [5.74, 6) is -0.236. The van der Waals surface area contributed by atoms with Crippen molar-refractivity contribution in [1.29, 1.82) is 0 Å². The molecule has 5 nitrogen and oxygen atoms in total. The van der Waals surface area contributed by atoms with Gasteiger partial charge in [0.1, 0.15) is 0 Å². The normalized spacial score (nSPS) is 15.3. The second-order valence-electron chi connectivity index (χ2n) is 3.48. The van der Waals surface area contributed by atoms with Crippen molar-refractivity contribution in [2.24, 2.45) is 11.7 Å². The van der Waals surface area contributed by atoms with Crippen molar-refractivity contribution in [2.45, 2.75) is 32.4 Å². The zero-order chi connectivity index (χ0) is 11.1. The van der Waals surface area contributed by atoms with E-state index in [2.05, 4.69) is 5.32 Å². The predicted molar refractivity (Wildman–Crippen MR) is 53.5 cm³/mol. The Kier molecular flexibility index (Phi) is 6.44. The van der Waals surface area contributed by atoms with Crippen LogP contribution in [0.3, 0.4) is 0 Å². The molecule has 0 spiro atoms. The summed E-state index contributed by atoms with van der Waals surface area (Å²) in [6.07, 6.45) is 0.817. The van der Waals surface area contributed by atoms with Crippen LogP contribution in [0.2, 0.25) is 0 Å². The van der Waals surface area contributed by atoms with Gasteiger partial charge < -0.3 is 21.3 Å². The molecule has 2 atom stereocenters. The highest BCUT2D eigenvalue weighted by molar-refractivity contribution is 5.82. The van der Waals surface area contributed by atoms with Crippen molar-refractivity contribution in [2.75, 3.05) is 13.2 Å². The van der Waals surface area contributed by atoms with E-state index >= 15 is 0 Å². The maximum Gasteiger partial charge on any atom is 0.237 e. The van der Waals surface area contributed by atoms with Gasteiger partial charge in [0.25, 0.3) is 0 Å². The summed E-state index contributed by atoms with van der Waals surface area (Å²) < 4.78 is 0. The first-order valence-electron chi connectivity index (χ1n) is 4.84. The minimum atomic E-state index is -0.613. The largest absolute Gasteiger partial charge is 0.394 e. The SMILES string of the molecule is CC[C@H](C)[C@H](N)C(=O)NC(CO)CO. The second-order valence-corrected chi connectivity index (χ2v) is 3.48. The van der Waals surface area contributed by atoms with Crippen molar-refractivity contribution in [1.82, 2.24) is 5.32 Å². The van der Waals surface area contributed by atoms with Crippen molar-refractivity contribution in [3.8, 4) is 0 Å². The van der Waals surface area contributed by atoms with Crippen LogP contribution in [0.1, 0.15) is 20.3 Å². The van der Waals surface area contributed by atoms with Gasteiger partial charge in [-0.3, -0.25) is 4.79 Å². The molecule has 0 heterocycles. The first-order chi connectivity index (χ1) is 6.56. The highest BCUT2D eigenvalue weighted by Crippen LogP contribution is 2.05. The van der Waals surface area contributed by atoms with E-state index in [1.54, 1.807) is 0 Å². The molecule has 0 aromatic heterocycles. The number of carbonyl (C=O) groups is 1. The Bertz CT molecular complexity index is 171. The Morgan fingerprint density at radius 3 is 2.29 bits per heavy atom. The zero-order valence-corrected chi connectivity index (χ0v) is 8.73. The van der Waals surface area contributed by atoms with Crippen LogP contribution >= 0.6 is 0 Å². The van der Waals surface area contributed by atoms with E-state index in [1.807, 2.05) is 13.8 Å². The molecule has 5 heteroatoms. The molecule has 84 valence electrons. The molecule has 0 aliphatic carbocycles. The Balaban J connectivity index is 4.06. The van der Waals surface area contributed by atoms with E-state index in [-0.39, 0.29) is 25.0 Å². The Morgan fingerprint density at radius 2 is 1.93 bits per heavy atom. The monoisotopic (exact) mass is 204 g/mol. The lowest BCUT2D eigenvalue weighted by Crippen LogP contribution is -2.50. The van der Waals surface area contributed by atoms with Crippen LogP contribution in [0, 0.1) is 5.92 Å². The molecular weight excluding hydrogens is 184 g/mol. The summed E-state index contributed by atoms with van der Waals surface area (Å²) in [6, 6.07) is -1.20. The molecule has 0 unspecified atom stereocenters. The van der Waals surface area contributed by atoms with E-state index in [9.17, 15) is 4.79 Å². The average molecular weight is 204 g/mol. The van der Waals surface area contributed by atoms with Crippen LogP contribution in [0.15, 0.2) is 0 Å². The summed E-state index contributed by atoms with van der Waals surface area (Å²) in [6.45, 7) is 3.27. The van der Waals surface area contributed by atoms with Crippen LogP contribution in [0.4, 0.5) is 0 Å². The second kappa shape index (κ2) is 6.75. The molecule has 1 amide bonds. The number of amides is 1. The van der Waals surface area contributed by atoms with Gasteiger partial charge in [0, 0.05) is 0 Å². The third-order valence-electron chi connectivity index (χ3n) is 2.35. The van der Waals surface area contributed by atoms with Gasteiger partial charge >= 0.3 is 0 Å². The van der Waals surface area contributed by atoms with Gasteiger partial charge in [-0.25, -0.2) is 0 Å². The number of aliphatic hydroxyl groups excluding tert-OH is 2. The third kappa shape index (κ3) is 4.04. The third-order valence-corrected chi connectivity index (χ3v) is 2.35. The van der Waals surface area contributed by atoms with E-state index in [0.717, 1.165) is 6.42 Å². The maximum absolute atomic E-state index is 11.4. The predicted octanol–water partition coefficient (Wildman–Crippen LogP) is -1.17. The standard InChI is InChI=1S/C9H20N2O3/c1-3-6(2)8(10)9(14)11-7(4-12)5-13/h6-8,12-13H,3-5,10H2,1-2H3,(H,11,14)/t6-,8-/m0/s1. The lowest BCUT2D eigenvalue weighted by Gasteiger charge is -2.20. The smallest absolute Gasteiger partial charge is 0.237 e. The van der Waals surface area contributed by atoms with Gasteiger partial charge in [0.15, 0.2) is 0 Å². The average Bonchev–Trinajstić information content (AvgIpc) is 2.23. The van der Waals surface area contributed by atoms with Gasteiger partial charge in [-0.15, -0.1) is 0 Å². The molecule has 0 rings (SSSR count). The molecule has 0 aliphatic rings. The maximum atomic E-state index is 11.4. The van der Waals surface area contributed by atoms with Crippen LogP contribution < -0.4 is 11.1 Å². The molecular formula is C9H20N2O3. The molecule has 5 N–H and O–H groups in total. The Hall–Kier alpha value is -0.650. The first-order valence-corrected chi connectivity index (χ1v) is 4.84. The fourth-order valence-electron chi connectivity index (χ4n) is 0.959. The number of nitrogens with two attached hydrogens (primary N) is 1. The molecule has 0 bridgehead atoms. The number of nitrogens with one attached hydrogen (secondary N) is 1. The number of hydrogen-bond acceptors (Lipinski definition) is 4. The summed E-state index contributed by atoms with van der Waals surface area (Å²) in [7, 11) is 0. The molecule has 0 fully saturated rings. The van der Waals surface area contributed by atoms with Gasteiger partial charge in [-0.1, -0.05) is 20.3 Å². The van der Waals surface area contributed by atoms with Crippen LogP contribution in [0.5, 0.6) is 0 Å². The molecule has 0 saturated heterocycles. The Labute approximate surface area is 84.3 Å². The van der Waals surface area contributed by atoms with Crippen molar-refractivity contribution in [3.63, 3.8) is 0 Å². The van der Waals surface area contributed by atoms with Gasteiger partial charge in [-0.05, 0) is 5.92 Å². The fourth-order valence-corrected chi connectivity index (χ4v) is 0.959. The minimum Gasteiger partial charge on any atom is -0.394 e. The van der Waals surface area contributed by atoms with E-state index < -0.39 is 12.1 Å². The van der Waals surface area contributed by atoms with Crippen LogP contribution in [-0.2, 0) is 4.79 Å². The summed E-state index contributed by atoms with van der Waals surface area (Å²) in [5, 5.41) is 19.9. The van der Waals surface area contributed by atoms with E-state index in [1.165, 1.54) is 0 Å². The number of rotatable bonds is 6.